The Hall–Kier alpha value is -3.06. The number of anilines is 1. The molecule has 0 radical (unpaired) electrons. The highest BCUT2D eigenvalue weighted by Gasteiger charge is 2.11. The molecule has 0 aliphatic carbocycles. The van der Waals surface area contributed by atoms with Crippen LogP contribution in [0.25, 0.3) is 11.3 Å². The zero-order valence-electron chi connectivity index (χ0n) is 13.2. The third kappa shape index (κ3) is 4.48. The van der Waals surface area contributed by atoms with E-state index in [9.17, 15) is 14.9 Å². The molecule has 0 bridgehead atoms. The standard InChI is InChI=1S/C18H15N3O3S/c22-17(10-9-13-5-2-1-3-6-13)20-18-19-16(12-25-18)14-7-4-8-15(11-14)21(23)24/h1-8,11-12H,9-10H2,(H,19,20,22). The van der Waals surface area contributed by atoms with E-state index in [1.54, 1.807) is 17.5 Å². The van der Waals surface area contributed by atoms with E-state index in [2.05, 4.69) is 10.3 Å². The Morgan fingerprint density at radius 2 is 1.96 bits per heavy atom. The molecule has 1 amide bonds. The highest BCUT2D eigenvalue weighted by atomic mass is 32.1. The van der Waals surface area contributed by atoms with Gasteiger partial charge in [0.25, 0.3) is 5.69 Å². The van der Waals surface area contributed by atoms with Crippen LogP contribution in [-0.4, -0.2) is 15.8 Å². The van der Waals surface area contributed by atoms with Crippen LogP contribution in [0.3, 0.4) is 0 Å². The fourth-order valence-electron chi connectivity index (χ4n) is 2.33. The van der Waals surface area contributed by atoms with Crippen LogP contribution in [0.15, 0.2) is 60.0 Å². The highest BCUT2D eigenvalue weighted by molar-refractivity contribution is 7.14. The number of rotatable bonds is 6. The van der Waals surface area contributed by atoms with E-state index in [4.69, 9.17) is 0 Å². The van der Waals surface area contributed by atoms with Crippen molar-refractivity contribution < 1.29 is 9.72 Å². The summed E-state index contributed by atoms with van der Waals surface area (Å²) < 4.78 is 0. The number of hydrogen-bond acceptors (Lipinski definition) is 5. The molecule has 7 heteroatoms. The summed E-state index contributed by atoms with van der Waals surface area (Å²) in [7, 11) is 0. The molecule has 2 aromatic carbocycles. The molecule has 0 saturated carbocycles. The van der Waals surface area contributed by atoms with Crippen molar-refractivity contribution in [2.45, 2.75) is 12.8 Å². The number of aromatic nitrogens is 1. The van der Waals surface area contributed by atoms with E-state index < -0.39 is 4.92 Å². The van der Waals surface area contributed by atoms with Crippen molar-refractivity contribution in [2.24, 2.45) is 0 Å². The number of hydrogen-bond donors (Lipinski definition) is 1. The second-order valence-electron chi connectivity index (χ2n) is 5.38. The Kier molecular flexibility index (Phi) is 5.15. The summed E-state index contributed by atoms with van der Waals surface area (Å²) in [6.07, 6.45) is 1.03. The molecule has 25 heavy (non-hydrogen) atoms. The van der Waals surface area contributed by atoms with Crippen molar-refractivity contribution in [3.63, 3.8) is 0 Å². The Balaban J connectivity index is 1.62. The molecule has 126 valence electrons. The number of non-ortho nitro benzene ring substituents is 1. The molecule has 0 aliphatic rings. The number of benzene rings is 2. The molecule has 0 unspecified atom stereocenters. The SMILES string of the molecule is O=C(CCc1ccccc1)Nc1nc(-c2cccc([N+](=O)[O-])c2)cs1. The molecule has 3 aromatic rings. The maximum atomic E-state index is 12.0. The fraction of sp³-hybridized carbons (Fsp3) is 0.111. The average molecular weight is 353 g/mol. The minimum Gasteiger partial charge on any atom is -0.302 e. The number of nitro groups is 1. The highest BCUT2D eigenvalue weighted by Crippen LogP contribution is 2.27. The van der Waals surface area contributed by atoms with Crippen LogP contribution in [-0.2, 0) is 11.2 Å². The van der Waals surface area contributed by atoms with Gasteiger partial charge in [-0.3, -0.25) is 14.9 Å². The molecule has 3 rings (SSSR count). The number of nitrogens with one attached hydrogen (secondary N) is 1. The van der Waals surface area contributed by atoms with Crippen LogP contribution < -0.4 is 5.32 Å². The molecule has 0 aliphatic heterocycles. The van der Waals surface area contributed by atoms with Crippen LogP contribution in [0.4, 0.5) is 10.8 Å². The molecule has 1 aromatic heterocycles. The Bertz CT molecular complexity index is 893. The monoisotopic (exact) mass is 353 g/mol. The van der Waals surface area contributed by atoms with Crippen molar-refractivity contribution in [1.82, 2.24) is 4.98 Å². The van der Waals surface area contributed by atoms with E-state index in [0.29, 0.717) is 29.2 Å². The lowest BCUT2D eigenvalue weighted by Crippen LogP contribution is -2.12. The van der Waals surface area contributed by atoms with Gasteiger partial charge in [0.05, 0.1) is 10.6 Å². The first-order valence-electron chi connectivity index (χ1n) is 7.66. The lowest BCUT2D eigenvalue weighted by atomic mass is 10.1. The normalized spacial score (nSPS) is 10.4. The average Bonchev–Trinajstić information content (AvgIpc) is 3.09. The van der Waals surface area contributed by atoms with Crippen LogP contribution in [0.2, 0.25) is 0 Å². The van der Waals surface area contributed by atoms with Gasteiger partial charge in [0.15, 0.2) is 5.13 Å². The quantitative estimate of drug-likeness (QED) is 0.529. The lowest BCUT2D eigenvalue weighted by molar-refractivity contribution is -0.384. The van der Waals surface area contributed by atoms with Gasteiger partial charge in [0, 0.05) is 29.5 Å². The van der Waals surface area contributed by atoms with Crippen LogP contribution in [0, 0.1) is 10.1 Å². The van der Waals surface area contributed by atoms with Gasteiger partial charge in [-0.1, -0.05) is 42.5 Å². The minimum atomic E-state index is -0.442. The molecule has 0 saturated heterocycles. The number of carbonyl (C=O) groups excluding carboxylic acids is 1. The third-order valence-electron chi connectivity index (χ3n) is 3.59. The van der Waals surface area contributed by atoms with Gasteiger partial charge in [0.1, 0.15) is 0 Å². The first kappa shape index (κ1) is 16.8. The van der Waals surface area contributed by atoms with E-state index in [1.165, 1.54) is 23.5 Å². The molecule has 1 heterocycles. The summed E-state index contributed by atoms with van der Waals surface area (Å²) in [4.78, 5) is 26.8. The Morgan fingerprint density at radius 3 is 2.72 bits per heavy atom. The fourth-order valence-corrected chi connectivity index (χ4v) is 3.06. The van der Waals surface area contributed by atoms with Crippen LogP contribution >= 0.6 is 11.3 Å². The van der Waals surface area contributed by atoms with Crippen molar-refractivity contribution in [1.29, 1.82) is 0 Å². The number of carbonyl (C=O) groups is 1. The van der Waals surface area contributed by atoms with Crippen LogP contribution in [0.1, 0.15) is 12.0 Å². The number of thiazole rings is 1. The van der Waals surface area contributed by atoms with E-state index >= 15 is 0 Å². The summed E-state index contributed by atoms with van der Waals surface area (Å²) in [5.74, 6) is -0.108. The van der Waals surface area contributed by atoms with Gasteiger partial charge in [-0.25, -0.2) is 4.98 Å². The van der Waals surface area contributed by atoms with E-state index in [1.807, 2.05) is 30.3 Å². The molecule has 0 spiro atoms. The van der Waals surface area contributed by atoms with E-state index in [-0.39, 0.29) is 11.6 Å². The number of amides is 1. The van der Waals surface area contributed by atoms with Crippen molar-refractivity contribution >= 4 is 28.1 Å². The third-order valence-corrected chi connectivity index (χ3v) is 4.34. The van der Waals surface area contributed by atoms with Gasteiger partial charge in [-0.2, -0.15) is 0 Å². The first-order chi connectivity index (χ1) is 12.1. The summed E-state index contributed by atoms with van der Waals surface area (Å²) in [5, 5.41) is 15.9. The maximum absolute atomic E-state index is 12.0. The lowest BCUT2D eigenvalue weighted by Gasteiger charge is -2.02. The van der Waals surface area contributed by atoms with Crippen molar-refractivity contribution in [2.75, 3.05) is 5.32 Å². The summed E-state index contributed by atoms with van der Waals surface area (Å²) in [6.45, 7) is 0. The maximum Gasteiger partial charge on any atom is 0.270 e. The number of nitrogens with zero attached hydrogens (tertiary/aromatic N) is 2. The minimum absolute atomic E-state index is 0.0129. The zero-order valence-corrected chi connectivity index (χ0v) is 14.0. The summed E-state index contributed by atoms with van der Waals surface area (Å²) in [6, 6.07) is 16.1. The van der Waals surface area contributed by atoms with Gasteiger partial charge in [-0.15, -0.1) is 11.3 Å². The second kappa shape index (κ2) is 7.67. The van der Waals surface area contributed by atoms with E-state index in [0.717, 1.165) is 5.56 Å². The molecule has 1 N–H and O–H groups in total. The predicted molar refractivity (Wildman–Crippen MR) is 97.6 cm³/mol. The first-order valence-corrected chi connectivity index (χ1v) is 8.54. The zero-order chi connectivity index (χ0) is 17.6. The number of nitro benzene ring substituents is 1. The van der Waals surface area contributed by atoms with Gasteiger partial charge in [0.2, 0.25) is 5.91 Å². The topological polar surface area (TPSA) is 85.1 Å². The Morgan fingerprint density at radius 1 is 1.16 bits per heavy atom. The summed E-state index contributed by atoms with van der Waals surface area (Å²) >= 11 is 1.30. The molecular formula is C18H15N3O3S. The smallest absolute Gasteiger partial charge is 0.270 e. The van der Waals surface area contributed by atoms with Crippen molar-refractivity contribution in [3.05, 3.63) is 75.7 Å². The van der Waals surface area contributed by atoms with Gasteiger partial charge < -0.3 is 5.32 Å². The largest absolute Gasteiger partial charge is 0.302 e. The van der Waals surface area contributed by atoms with Crippen molar-refractivity contribution in [3.8, 4) is 11.3 Å². The molecular weight excluding hydrogens is 338 g/mol. The number of aryl methyl sites for hydroxylation is 1. The molecule has 0 fully saturated rings. The van der Waals surface area contributed by atoms with Gasteiger partial charge in [-0.05, 0) is 12.0 Å². The van der Waals surface area contributed by atoms with Crippen LogP contribution in [0.5, 0.6) is 0 Å². The Labute approximate surface area is 148 Å². The summed E-state index contributed by atoms with van der Waals surface area (Å²) in [5.41, 5.74) is 2.37. The second-order valence-corrected chi connectivity index (χ2v) is 6.24. The predicted octanol–water partition coefficient (Wildman–Crippen LogP) is 4.29. The van der Waals surface area contributed by atoms with Gasteiger partial charge >= 0.3 is 0 Å². The molecule has 6 nitrogen and oxygen atoms in total. The molecule has 0 atom stereocenters.